The van der Waals surface area contributed by atoms with Crippen LogP contribution in [0, 0.1) is 5.41 Å². The molecule has 0 bridgehead atoms. The van der Waals surface area contributed by atoms with Gasteiger partial charge in [0.25, 0.3) is 0 Å². The second-order valence-electron chi connectivity index (χ2n) is 5.45. The van der Waals surface area contributed by atoms with E-state index in [0.717, 1.165) is 45.1 Å². The molecule has 2 heterocycles. The van der Waals surface area contributed by atoms with Crippen LogP contribution in [0.4, 0.5) is 0 Å². The second kappa shape index (κ2) is 4.31. The van der Waals surface area contributed by atoms with Crippen molar-refractivity contribution in [2.24, 2.45) is 5.41 Å². The smallest absolute Gasteiger partial charge is 0.122 e. The average Bonchev–Trinajstić information content (AvgIpc) is 2.74. The lowest BCUT2D eigenvalue weighted by atomic mass is 9.89. The molecule has 2 aliphatic rings. The molecule has 0 aliphatic carbocycles. The third-order valence-corrected chi connectivity index (χ3v) is 3.54. The van der Waals surface area contributed by atoms with Crippen molar-refractivity contribution in [3.8, 4) is 5.75 Å². The van der Waals surface area contributed by atoms with Crippen LogP contribution in [0.15, 0.2) is 18.2 Å². The molecule has 0 aromatic heterocycles. The first-order valence-electron chi connectivity index (χ1n) is 6.28. The van der Waals surface area contributed by atoms with Gasteiger partial charge in [0, 0.05) is 24.9 Å². The van der Waals surface area contributed by atoms with Crippen LogP contribution < -0.4 is 10.1 Å². The molecule has 0 spiro atoms. The van der Waals surface area contributed by atoms with Crippen LogP contribution in [0.2, 0.25) is 0 Å². The molecule has 1 aromatic carbocycles. The van der Waals surface area contributed by atoms with E-state index in [1.807, 2.05) is 0 Å². The van der Waals surface area contributed by atoms with Crippen LogP contribution in [-0.4, -0.2) is 26.4 Å². The van der Waals surface area contributed by atoms with Gasteiger partial charge in [-0.15, -0.1) is 0 Å². The summed E-state index contributed by atoms with van der Waals surface area (Å²) in [5, 5.41) is 3.51. The summed E-state index contributed by atoms with van der Waals surface area (Å²) in [6, 6.07) is 6.50. The first kappa shape index (κ1) is 11.1. The van der Waals surface area contributed by atoms with Gasteiger partial charge in [0.1, 0.15) is 5.75 Å². The Hall–Kier alpha value is -1.06. The summed E-state index contributed by atoms with van der Waals surface area (Å²) in [5.41, 5.74) is 3.04. The third kappa shape index (κ3) is 2.31. The molecule has 3 heteroatoms. The van der Waals surface area contributed by atoms with E-state index in [9.17, 15) is 0 Å². The minimum atomic E-state index is 0.347. The fourth-order valence-electron chi connectivity index (χ4n) is 2.41. The van der Waals surface area contributed by atoms with Crippen molar-refractivity contribution >= 4 is 0 Å². The summed E-state index contributed by atoms with van der Waals surface area (Å²) < 4.78 is 10.7. The first-order valence-corrected chi connectivity index (χ1v) is 6.28. The molecular formula is C14H19NO2. The summed E-state index contributed by atoms with van der Waals surface area (Å²) in [5.74, 6) is 1.06. The zero-order chi connectivity index (χ0) is 11.7. The van der Waals surface area contributed by atoms with Crippen molar-refractivity contribution in [1.29, 1.82) is 0 Å². The zero-order valence-electron chi connectivity index (χ0n) is 10.3. The minimum absolute atomic E-state index is 0.347. The summed E-state index contributed by atoms with van der Waals surface area (Å²) in [6.45, 7) is 6.83. The predicted octanol–water partition coefficient (Wildman–Crippen LogP) is 1.75. The number of ether oxygens (including phenoxy) is 2. The highest BCUT2D eigenvalue weighted by Crippen LogP contribution is 2.27. The number of nitrogens with one attached hydrogen (secondary N) is 1. The van der Waals surface area contributed by atoms with Crippen LogP contribution in [-0.2, 0) is 17.7 Å². The lowest BCUT2D eigenvalue weighted by Crippen LogP contribution is -2.47. The Bertz CT molecular complexity index is 413. The van der Waals surface area contributed by atoms with Crippen LogP contribution in [0.5, 0.6) is 5.75 Å². The van der Waals surface area contributed by atoms with E-state index in [0.29, 0.717) is 5.41 Å². The van der Waals surface area contributed by atoms with Crippen LogP contribution in [0.3, 0.4) is 0 Å². The zero-order valence-corrected chi connectivity index (χ0v) is 10.3. The van der Waals surface area contributed by atoms with Gasteiger partial charge in [0.15, 0.2) is 0 Å². The Morgan fingerprint density at radius 2 is 2.24 bits per heavy atom. The minimum Gasteiger partial charge on any atom is -0.493 e. The van der Waals surface area contributed by atoms with Gasteiger partial charge < -0.3 is 14.8 Å². The van der Waals surface area contributed by atoms with Gasteiger partial charge in [-0.1, -0.05) is 19.1 Å². The van der Waals surface area contributed by atoms with Gasteiger partial charge in [-0.05, 0) is 17.2 Å². The van der Waals surface area contributed by atoms with E-state index >= 15 is 0 Å². The van der Waals surface area contributed by atoms with E-state index in [2.05, 4.69) is 30.4 Å². The lowest BCUT2D eigenvalue weighted by Gasteiger charge is -2.38. The van der Waals surface area contributed by atoms with Crippen molar-refractivity contribution in [2.45, 2.75) is 19.9 Å². The standard InChI is InChI=1S/C14H19NO2/c1-14(9-16-10-14)8-15-7-11-2-3-13-12(6-11)4-5-17-13/h2-3,6,15H,4-5,7-10H2,1H3. The monoisotopic (exact) mass is 233 g/mol. The SMILES string of the molecule is CC1(CNCc2ccc3c(c2)CCO3)COC1. The van der Waals surface area contributed by atoms with Crippen molar-refractivity contribution in [2.75, 3.05) is 26.4 Å². The molecule has 0 saturated carbocycles. The van der Waals surface area contributed by atoms with Crippen LogP contribution >= 0.6 is 0 Å². The molecule has 0 atom stereocenters. The maximum atomic E-state index is 5.50. The van der Waals surface area contributed by atoms with Gasteiger partial charge in [0.05, 0.1) is 19.8 Å². The lowest BCUT2D eigenvalue weighted by molar-refractivity contribution is -0.0991. The molecule has 2 aliphatic heterocycles. The van der Waals surface area contributed by atoms with E-state index < -0.39 is 0 Å². The number of hydrogen-bond acceptors (Lipinski definition) is 3. The van der Waals surface area contributed by atoms with Gasteiger partial charge in [-0.25, -0.2) is 0 Å². The van der Waals surface area contributed by atoms with Gasteiger partial charge >= 0.3 is 0 Å². The summed E-state index contributed by atoms with van der Waals surface area (Å²) in [7, 11) is 0. The molecule has 0 unspecified atom stereocenters. The molecule has 1 saturated heterocycles. The van der Waals surface area contributed by atoms with Crippen LogP contribution in [0.1, 0.15) is 18.1 Å². The van der Waals surface area contributed by atoms with Gasteiger partial charge in [-0.2, -0.15) is 0 Å². The first-order chi connectivity index (χ1) is 8.25. The fraction of sp³-hybridized carbons (Fsp3) is 0.571. The van der Waals surface area contributed by atoms with Crippen molar-refractivity contribution in [3.05, 3.63) is 29.3 Å². The Balaban J connectivity index is 1.54. The number of rotatable bonds is 4. The Morgan fingerprint density at radius 1 is 1.35 bits per heavy atom. The largest absolute Gasteiger partial charge is 0.493 e. The fourth-order valence-corrected chi connectivity index (χ4v) is 2.41. The van der Waals surface area contributed by atoms with Crippen molar-refractivity contribution in [3.63, 3.8) is 0 Å². The summed E-state index contributed by atoms with van der Waals surface area (Å²) in [4.78, 5) is 0. The quantitative estimate of drug-likeness (QED) is 0.859. The van der Waals surface area contributed by atoms with Crippen LogP contribution in [0.25, 0.3) is 0 Å². The molecule has 0 amide bonds. The molecular weight excluding hydrogens is 214 g/mol. The molecule has 0 radical (unpaired) electrons. The molecule has 17 heavy (non-hydrogen) atoms. The highest BCUT2D eigenvalue weighted by atomic mass is 16.5. The highest BCUT2D eigenvalue weighted by molar-refractivity contribution is 5.39. The maximum absolute atomic E-state index is 5.50. The Morgan fingerprint density at radius 3 is 3.00 bits per heavy atom. The molecule has 3 rings (SSSR count). The topological polar surface area (TPSA) is 30.5 Å². The average molecular weight is 233 g/mol. The predicted molar refractivity (Wildman–Crippen MR) is 66.3 cm³/mol. The van der Waals surface area contributed by atoms with Crippen molar-refractivity contribution < 1.29 is 9.47 Å². The van der Waals surface area contributed by atoms with Gasteiger partial charge in [-0.3, -0.25) is 0 Å². The number of benzene rings is 1. The normalized spacial score (nSPS) is 20.5. The van der Waals surface area contributed by atoms with E-state index in [-0.39, 0.29) is 0 Å². The maximum Gasteiger partial charge on any atom is 0.122 e. The number of hydrogen-bond donors (Lipinski definition) is 1. The van der Waals surface area contributed by atoms with Gasteiger partial charge in [0.2, 0.25) is 0 Å². The van der Waals surface area contributed by atoms with E-state index in [1.54, 1.807) is 0 Å². The Kier molecular flexibility index (Phi) is 2.81. The molecule has 92 valence electrons. The Labute approximate surface area is 102 Å². The highest BCUT2D eigenvalue weighted by Gasteiger charge is 2.32. The second-order valence-corrected chi connectivity index (χ2v) is 5.45. The molecule has 3 nitrogen and oxygen atoms in total. The van der Waals surface area contributed by atoms with E-state index in [1.165, 1.54) is 11.1 Å². The summed E-state index contributed by atoms with van der Waals surface area (Å²) in [6.07, 6.45) is 1.05. The molecule has 1 aromatic rings. The third-order valence-electron chi connectivity index (χ3n) is 3.54. The molecule has 1 N–H and O–H groups in total. The molecule has 1 fully saturated rings. The summed E-state index contributed by atoms with van der Waals surface area (Å²) >= 11 is 0. The van der Waals surface area contributed by atoms with E-state index in [4.69, 9.17) is 9.47 Å². The van der Waals surface area contributed by atoms with Crippen molar-refractivity contribution in [1.82, 2.24) is 5.32 Å². The number of fused-ring (bicyclic) bond motifs is 1.